The van der Waals surface area contributed by atoms with Crippen LogP contribution in [0.25, 0.3) is 0 Å². The molecule has 0 saturated carbocycles. The lowest BCUT2D eigenvalue weighted by atomic mass is 9.99. The number of aliphatic carboxylic acids is 2. The zero-order valence-corrected chi connectivity index (χ0v) is 20.5. The molecule has 3 atom stereocenters. The number of hydrogen-bond donors (Lipinski definition) is 3. The van der Waals surface area contributed by atoms with E-state index in [2.05, 4.69) is 15.2 Å². The zero-order valence-electron chi connectivity index (χ0n) is 20.5. The SMILES string of the molecule is O=C(NCc1cccnc1)C1CC2CN(Cc3ccccc3F)CC1O2.O=C(O)C(F)(F)F.O=C(O)C(F)(F)F. The van der Waals surface area contributed by atoms with Crippen LogP contribution in [0.4, 0.5) is 30.7 Å². The Hall–Kier alpha value is -3.79. The number of halogens is 7. The molecule has 0 aliphatic carbocycles. The van der Waals surface area contributed by atoms with Crippen LogP contribution >= 0.6 is 0 Å². The summed E-state index contributed by atoms with van der Waals surface area (Å²) >= 11 is 0. The maximum Gasteiger partial charge on any atom is 0.490 e. The second-order valence-electron chi connectivity index (χ2n) is 8.61. The number of hydrogen-bond acceptors (Lipinski definition) is 6. The van der Waals surface area contributed by atoms with E-state index in [4.69, 9.17) is 24.5 Å². The van der Waals surface area contributed by atoms with Crippen molar-refractivity contribution in [3.8, 4) is 0 Å². The first kappa shape index (κ1) is 32.4. The van der Waals surface area contributed by atoms with Gasteiger partial charge in [-0.05, 0) is 24.1 Å². The standard InChI is InChI=1S/C20H22FN3O2.2C2HF3O2/c21-18-6-2-1-5-15(18)11-24-12-16-8-17(19(13-24)26-16)20(25)23-10-14-4-3-7-22-9-14;2*3-2(4,5)1(6)7/h1-7,9,16-17,19H,8,10-13H2,(H,23,25);2*(H,6,7). The minimum absolute atomic E-state index is 0.0223. The molecule has 1 aromatic carbocycles. The second-order valence-corrected chi connectivity index (χ2v) is 8.61. The van der Waals surface area contributed by atoms with Crippen LogP contribution in [0, 0.1) is 11.7 Å². The number of alkyl halides is 6. The van der Waals surface area contributed by atoms with Gasteiger partial charge in [-0.1, -0.05) is 24.3 Å². The molecule has 2 aliphatic heterocycles. The number of amides is 1. The number of nitrogens with zero attached hydrogens (tertiary/aromatic N) is 2. The molecule has 16 heteroatoms. The fraction of sp³-hybridized carbons (Fsp3) is 0.417. The molecule has 3 heterocycles. The highest BCUT2D eigenvalue weighted by molar-refractivity contribution is 5.79. The normalized spacial score (nSPS) is 20.3. The van der Waals surface area contributed by atoms with E-state index in [-0.39, 0.29) is 29.9 Å². The molecule has 0 spiro atoms. The van der Waals surface area contributed by atoms with E-state index >= 15 is 0 Å². The first-order chi connectivity index (χ1) is 18.6. The molecule has 0 radical (unpaired) electrons. The largest absolute Gasteiger partial charge is 0.490 e. The second kappa shape index (κ2) is 14.0. The van der Waals surface area contributed by atoms with Crippen molar-refractivity contribution in [3.05, 3.63) is 65.7 Å². The maximum absolute atomic E-state index is 13.9. The quantitative estimate of drug-likeness (QED) is 0.457. The van der Waals surface area contributed by atoms with Gasteiger partial charge in [-0.25, -0.2) is 14.0 Å². The van der Waals surface area contributed by atoms with Gasteiger partial charge in [-0.15, -0.1) is 0 Å². The fourth-order valence-corrected chi connectivity index (χ4v) is 3.83. The number of aromatic nitrogens is 1. The van der Waals surface area contributed by atoms with Crippen LogP contribution in [0.5, 0.6) is 0 Å². The van der Waals surface area contributed by atoms with Crippen molar-refractivity contribution in [2.24, 2.45) is 5.92 Å². The van der Waals surface area contributed by atoms with Gasteiger partial charge in [-0.3, -0.25) is 14.7 Å². The molecule has 2 bridgehead atoms. The van der Waals surface area contributed by atoms with Gasteiger partial charge in [0, 0.05) is 44.1 Å². The van der Waals surface area contributed by atoms with Crippen molar-refractivity contribution in [1.82, 2.24) is 15.2 Å². The van der Waals surface area contributed by atoms with Crippen LogP contribution in [0.3, 0.4) is 0 Å². The first-order valence-corrected chi connectivity index (χ1v) is 11.5. The first-order valence-electron chi connectivity index (χ1n) is 11.5. The van der Waals surface area contributed by atoms with Crippen molar-refractivity contribution in [2.75, 3.05) is 13.1 Å². The third-order valence-corrected chi connectivity index (χ3v) is 5.60. The molecule has 1 amide bonds. The summed E-state index contributed by atoms with van der Waals surface area (Å²) in [4.78, 5) is 36.6. The molecule has 2 fully saturated rings. The van der Waals surface area contributed by atoms with E-state index in [0.717, 1.165) is 18.5 Å². The molecule has 220 valence electrons. The summed E-state index contributed by atoms with van der Waals surface area (Å²) in [6.45, 7) is 2.40. The molecule has 1 aromatic heterocycles. The molecule has 4 rings (SSSR count). The Morgan fingerprint density at radius 1 is 0.975 bits per heavy atom. The zero-order chi connectivity index (χ0) is 30.1. The Morgan fingerprint density at radius 2 is 1.57 bits per heavy atom. The monoisotopic (exact) mass is 583 g/mol. The van der Waals surface area contributed by atoms with Gasteiger partial charge in [0.05, 0.1) is 18.1 Å². The van der Waals surface area contributed by atoms with Gasteiger partial charge in [-0.2, -0.15) is 26.3 Å². The number of likely N-dealkylation sites (tertiary alicyclic amines) is 1. The number of ether oxygens (including phenoxy) is 1. The lowest BCUT2D eigenvalue weighted by Crippen LogP contribution is -2.45. The number of fused-ring (bicyclic) bond motifs is 2. The van der Waals surface area contributed by atoms with E-state index in [1.165, 1.54) is 6.07 Å². The van der Waals surface area contributed by atoms with Crippen molar-refractivity contribution < 1.29 is 60.1 Å². The summed E-state index contributed by atoms with van der Waals surface area (Å²) in [5.41, 5.74) is 1.66. The van der Waals surface area contributed by atoms with Gasteiger partial charge in [0.1, 0.15) is 5.82 Å². The number of carboxylic acids is 2. The molecule has 40 heavy (non-hydrogen) atoms. The third-order valence-electron chi connectivity index (χ3n) is 5.60. The molecule has 2 aliphatic rings. The Labute approximate surface area is 222 Å². The number of carbonyl (C=O) groups excluding carboxylic acids is 1. The average molecular weight is 583 g/mol. The van der Waals surface area contributed by atoms with Crippen LogP contribution in [0.1, 0.15) is 17.5 Å². The Morgan fingerprint density at radius 3 is 2.10 bits per heavy atom. The van der Waals surface area contributed by atoms with Gasteiger partial charge in [0.2, 0.25) is 5.91 Å². The molecule has 9 nitrogen and oxygen atoms in total. The van der Waals surface area contributed by atoms with E-state index in [9.17, 15) is 35.5 Å². The van der Waals surface area contributed by atoms with Crippen LogP contribution < -0.4 is 5.32 Å². The van der Waals surface area contributed by atoms with E-state index in [0.29, 0.717) is 25.2 Å². The van der Waals surface area contributed by atoms with Gasteiger partial charge in [0.25, 0.3) is 0 Å². The van der Waals surface area contributed by atoms with Crippen LogP contribution in [0.2, 0.25) is 0 Å². The van der Waals surface area contributed by atoms with E-state index < -0.39 is 24.3 Å². The Bertz CT molecular complexity index is 1120. The molecular formula is C24H24F7N3O6. The predicted molar refractivity (Wildman–Crippen MR) is 122 cm³/mol. The lowest BCUT2D eigenvalue weighted by molar-refractivity contribution is -0.193. The van der Waals surface area contributed by atoms with Crippen LogP contribution in [-0.4, -0.2) is 75.6 Å². The maximum atomic E-state index is 13.9. The van der Waals surface area contributed by atoms with Gasteiger partial charge < -0.3 is 20.3 Å². The summed E-state index contributed by atoms with van der Waals surface area (Å²) in [5.74, 6) is -5.83. The number of carboxylic acid groups (broad SMARTS) is 2. The molecule has 3 N–H and O–H groups in total. The highest BCUT2D eigenvalue weighted by atomic mass is 19.4. The molecular weight excluding hydrogens is 559 g/mol. The summed E-state index contributed by atoms with van der Waals surface area (Å²) in [6.07, 6.45) is -6.08. The Kier molecular flexibility index (Phi) is 11.4. The van der Waals surface area contributed by atoms with Crippen LogP contribution in [0.15, 0.2) is 48.8 Å². The summed E-state index contributed by atoms with van der Waals surface area (Å²) in [7, 11) is 0. The summed E-state index contributed by atoms with van der Waals surface area (Å²) in [5, 5.41) is 17.2. The highest BCUT2D eigenvalue weighted by Crippen LogP contribution is 2.33. The number of benzene rings is 1. The van der Waals surface area contributed by atoms with Crippen molar-refractivity contribution in [2.45, 2.75) is 44.1 Å². The number of rotatable bonds is 5. The van der Waals surface area contributed by atoms with Crippen molar-refractivity contribution in [3.63, 3.8) is 0 Å². The molecule has 2 aromatic rings. The highest BCUT2D eigenvalue weighted by Gasteiger charge is 2.44. The predicted octanol–water partition coefficient (Wildman–Crippen LogP) is 3.39. The number of morpholine rings is 1. The smallest absolute Gasteiger partial charge is 0.475 e. The van der Waals surface area contributed by atoms with E-state index in [1.54, 1.807) is 18.5 Å². The topological polar surface area (TPSA) is 129 Å². The number of carbonyl (C=O) groups is 3. The molecule has 2 saturated heterocycles. The van der Waals surface area contributed by atoms with Crippen molar-refractivity contribution in [1.29, 1.82) is 0 Å². The third kappa shape index (κ3) is 10.4. The molecule has 3 unspecified atom stereocenters. The van der Waals surface area contributed by atoms with E-state index in [1.807, 2.05) is 24.3 Å². The van der Waals surface area contributed by atoms with Gasteiger partial charge in [0.15, 0.2) is 0 Å². The fourth-order valence-electron chi connectivity index (χ4n) is 3.83. The minimum atomic E-state index is -5.08. The summed E-state index contributed by atoms with van der Waals surface area (Å²) < 4.78 is 83.3. The summed E-state index contributed by atoms with van der Waals surface area (Å²) in [6, 6.07) is 10.6. The Balaban J connectivity index is 0.000000333. The number of nitrogens with one attached hydrogen (secondary N) is 1. The van der Waals surface area contributed by atoms with Crippen molar-refractivity contribution >= 4 is 17.8 Å². The number of pyridine rings is 1. The minimum Gasteiger partial charge on any atom is -0.475 e. The van der Waals surface area contributed by atoms with Gasteiger partial charge >= 0.3 is 24.3 Å². The lowest BCUT2D eigenvalue weighted by Gasteiger charge is -2.32. The average Bonchev–Trinajstić information content (AvgIpc) is 3.18. The van der Waals surface area contributed by atoms with Crippen LogP contribution in [-0.2, 0) is 32.2 Å².